The summed E-state index contributed by atoms with van der Waals surface area (Å²) in [5, 5.41) is 0. The van der Waals surface area contributed by atoms with Crippen molar-refractivity contribution in [2.45, 2.75) is 18.9 Å². The van der Waals surface area contributed by atoms with E-state index in [4.69, 9.17) is 0 Å². The molecule has 3 amide bonds. The molecule has 7 heteroatoms. The maximum absolute atomic E-state index is 12.5. The topological polar surface area (TPSA) is 70.6 Å². The summed E-state index contributed by atoms with van der Waals surface area (Å²) in [7, 11) is 0. The molecule has 0 spiro atoms. The van der Waals surface area contributed by atoms with Crippen molar-refractivity contribution in [3.8, 4) is 0 Å². The largest absolute Gasteiger partial charge is 0.334 e. The first-order valence-corrected chi connectivity index (χ1v) is 8.77. The third-order valence-corrected chi connectivity index (χ3v) is 5.44. The fraction of sp³-hybridized carbons (Fsp3) is 0.412. The molecule has 124 valence electrons. The number of carbonyl (C=O) groups excluding carboxylic acids is 3. The molecule has 0 bridgehead atoms. The Hall–Kier alpha value is -2.02. The minimum Gasteiger partial charge on any atom is -0.334 e. The normalized spacial score (nSPS) is 26.5. The SMILES string of the molecule is O=C(c1cncc(Br)c1)N1CC(N2C(=O)[C@H]3CC=CC[C@@H]3C2=O)C1. The van der Waals surface area contributed by atoms with Crippen molar-refractivity contribution in [1.82, 2.24) is 14.8 Å². The average Bonchev–Trinajstić information content (AvgIpc) is 2.79. The zero-order chi connectivity index (χ0) is 16.8. The van der Waals surface area contributed by atoms with Gasteiger partial charge in [-0.3, -0.25) is 24.3 Å². The number of hydrogen-bond acceptors (Lipinski definition) is 4. The van der Waals surface area contributed by atoms with Crippen LogP contribution in [-0.4, -0.2) is 51.6 Å². The Morgan fingerprint density at radius 2 is 1.71 bits per heavy atom. The van der Waals surface area contributed by atoms with E-state index < -0.39 is 0 Å². The van der Waals surface area contributed by atoms with Gasteiger partial charge in [-0.25, -0.2) is 0 Å². The molecule has 24 heavy (non-hydrogen) atoms. The molecule has 0 saturated carbocycles. The molecular formula is C17H16BrN3O3. The zero-order valence-corrected chi connectivity index (χ0v) is 14.5. The number of halogens is 1. The second-order valence-corrected chi connectivity index (χ2v) is 7.37. The van der Waals surface area contributed by atoms with Crippen LogP contribution in [0.25, 0.3) is 0 Å². The minimum absolute atomic E-state index is 0.0735. The first-order chi connectivity index (χ1) is 11.6. The summed E-state index contributed by atoms with van der Waals surface area (Å²) >= 11 is 3.30. The van der Waals surface area contributed by atoms with Crippen molar-refractivity contribution in [3.63, 3.8) is 0 Å². The third kappa shape index (κ3) is 2.38. The molecule has 6 nitrogen and oxygen atoms in total. The zero-order valence-electron chi connectivity index (χ0n) is 12.9. The highest BCUT2D eigenvalue weighted by Crippen LogP contribution is 2.37. The second-order valence-electron chi connectivity index (χ2n) is 6.46. The predicted molar refractivity (Wildman–Crippen MR) is 88.8 cm³/mol. The van der Waals surface area contributed by atoms with Crippen molar-refractivity contribution >= 4 is 33.7 Å². The van der Waals surface area contributed by atoms with Gasteiger partial charge >= 0.3 is 0 Å². The number of fused-ring (bicyclic) bond motifs is 1. The lowest BCUT2D eigenvalue weighted by atomic mass is 9.85. The van der Waals surface area contributed by atoms with Gasteiger partial charge in [0.1, 0.15) is 0 Å². The smallest absolute Gasteiger partial charge is 0.255 e. The van der Waals surface area contributed by atoms with E-state index in [1.54, 1.807) is 17.2 Å². The van der Waals surface area contributed by atoms with Gasteiger partial charge in [0.05, 0.1) is 23.4 Å². The molecule has 3 heterocycles. The van der Waals surface area contributed by atoms with E-state index in [0.29, 0.717) is 31.5 Å². The Kier molecular flexibility index (Phi) is 3.75. The van der Waals surface area contributed by atoms with Gasteiger partial charge in [0.25, 0.3) is 5.91 Å². The van der Waals surface area contributed by atoms with Gasteiger partial charge < -0.3 is 4.90 Å². The van der Waals surface area contributed by atoms with Gasteiger partial charge in [0, 0.05) is 30.0 Å². The first-order valence-electron chi connectivity index (χ1n) is 7.98. The fourth-order valence-electron chi connectivity index (χ4n) is 3.68. The highest BCUT2D eigenvalue weighted by molar-refractivity contribution is 9.10. The van der Waals surface area contributed by atoms with Crippen LogP contribution in [0, 0.1) is 11.8 Å². The molecule has 1 aliphatic carbocycles. The first kappa shape index (κ1) is 15.5. The van der Waals surface area contributed by atoms with Crippen LogP contribution < -0.4 is 0 Å². The van der Waals surface area contributed by atoms with Crippen LogP contribution in [0.4, 0.5) is 0 Å². The van der Waals surface area contributed by atoms with Crippen LogP contribution in [0.3, 0.4) is 0 Å². The van der Waals surface area contributed by atoms with Gasteiger partial charge in [-0.1, -0.05) is 12.2 Å². The fourth-order valence-corrected chi connectivity index (χ4v) is 4.05. The summed E-state index contributed by atoms with van der Waals surface area (Å²) in [6.07, 6.45) is 8.38. The van der Waals surface area contributed by atoms with Crippen molar-refractivity contribution in [1.29, 1.82) is 0 Å². The monoisotopic (exact) mass is 389 g/mol. The molecule has 0 radical (unpaired) electrons. The maximum atomic E-state index is 12.5. The van der Waals surface area contributed by atoms with Gasteiger partial charge in [-0.05, 0) is 34.8 Å². The number of aromatic nitrogens is 1. The van der Waals surface area contributed by atoms with Crippen molar-refractivity contribution < 1.29 is 14.4 Å². The van der Waals surface area contributed by atoms with Crippen LogP contribution in [-0.2, 0) is 9.59 Å². The lowest BCUT2D eigenvalue weighted by molar-refractivity contribution is -0.145. The molecule has 2 saturated heterocycles. The molecule has 2 atom stereocenters. The Labute approximate surface area is 147 Å². The maximum Gasteiger partial charge on any atom is 0.255 e. The lowest BCUT2D eigenvalue weighted by Gasteiger charge is -2.43. The Bertz CT molecular complexity index is 731. The van der Waals surface area contributed by atoms with Gasteiger partial charge in [0.2, 0.25) is 11.8 Å². The molecule has 3 aliphatic rings. The van der Waals surface area contributed by atoms with Gasteiger partial charge in [-0.2, -0.15) is 0 Å². The van der Waals surface area contributed by atoms with E-state index >= 15 is 0 Å². The van der Waals surface area contributed by atoms with Crippen LogP contribution in [0.2, 0.25) is 0 Å². The van der Waals surface area contributed by atoms with Crippen molar-refractivity contribution in [2.24, 2.45) is 11.8 Å². The number of carbonyl (C=O) groups is 3. The Morgan fingerprint density at radius 3 is 2.29 bits per heavy atom. The van der Waals surface area contributed by atoms with Crippen LogP contribution in [0.1, 0.15) is 23.2 Å². The number of nitrogens with zero attached hydrogens (tertiary/aromatic N) is 3. The Morgan fingerprint density at radius 1 is 1.08 bits per heavy atom. The predicted octanol–water partition coefficient (Wildman–Crippen LogP) is 1.62. The summed E-state index contributed by atoms with van der Waals surface area (Å²) in [6.45, 7) is 0.797. The highest BCUT2D eigenvalue weighted by Gasteiger charge is 2.52. The summed E-state index contributed by atoms with van der Waals surface area (Å²) in [4.78, 5) is 44.5. The van der Waals surface area contributed by atoms with E-state index in [2.05, 4.69) is 20.9 Å². The Balaban J connectivity index is 1.43. The van der Waals surface area contributed by atoms with Crippen LogP contribution >= 0.6 is 15.9 Å². The second kappa shape index (κ2) is 5.81. The molecule has 4 rings (SSSR count). The molecule has 1 aromatic heterocycles. The number of amides is 3. The number of hydrogen-bond donors (Lipinski definition) is 0. The molecule has 2 fully saturated rings. The molecule has 1 aromatic rings. The number of allylic oxidation sites excluding steroid dienone is 2. The van der Waals surface area contributed by atoms with Gasteiger partial charge in [0.15, 0.2) is 0 Å². The van der Waals surface area contributed by atoms with E-state index in [1.807, 2.05) is 12.2 Å². The van der Waals surface area contributed by atoms with E-state index in [9.17, 15) is 14.4 Å². The lowest BCUT2D eigenvalue weighted by Crippen LogP contribution is -2.62. The molecule has 0 N–H and O–H groups in total. The van der Waals surface area contributed by atoms with Crippen LogP contribution in [0.15, 0.2) is 35.1 Å². The number of pyridine rings is 1. The summed E-state index contributed by atoms with van der Waals surface area (Å²) in [5.41, 5.74) is 0.500. The summed E-state index contributed by atoms with van der Waals surface area (Å²) in [5.74, 6) is -0.688. The van der Waals surface area contributed by atoms with Gasteiger partial charge in [-0.15, -0.1) is 0 Å². The molecule has 0 unspecified atom stereocenters. The minimum atomic E-state index is -0.207. The van der Waals surface area contributed by atoms with E-state index in [-0.39, 0.29) is 35.6 Å². The number of rotatable bonds is 2. The van der Waals surface area contributed by atoms with E-state index in [1.165, 1.54) is 11.1 Å². The average molecular weight is 390 g/mol. The standard InChI is InChI=1S/C17H16BrN3O3/c18-11-5-10(6-19-7-11)15(22)20-8-12(9-20)21-16(23)13-3-1-2-4-14(13)17(21)24/h1-2,5-7,12-14H,3-4,8-9H2/t13-,14-/m0/s1. The van der Waals surface area contributed by atoms with Crippen molar-refractivity contribution in [2.75, 3.05) is 13.1 Å². The van der Waals surface area contributed by atoms with E-state index in [0.717, 1.165) is 4.47 Å². The van der Waals surface area contributed by atoms with Crippen LogP contribution in [0.5, 0.6) is 0 Å². The summed E-state index contributed by atoms with van der Waals surface area (Å²) in [6, 6.07) is 1.52. The van der Waals surface area contributed by atoms with Crippen molar-refractivity contribution in [3.05, 3.63) is 40.6 Å². The highest BCUT2D eigenvalue weighted by atomic mass is 79.9. The number of imide groups is 1. The molecule has 0 aromatic carbocycles. The quantitative estimate of drug-likeness (QED) is 0.569. The number of likely N-dealkylation sites (tertiary alicyclic amines) is 2. The molecule has 2 aliphatic heterocycles. The molecular weight excluding hydrogens is 374 g/mol. The summed E-state index contributed by atoms with van der Waals surface area (Å²) < 4.78 is 0.742. The third-order valence-electron chi connectivity index (χ3n) is 5.01.